The number of likely N-dealkylation sites (N-methyl/N-ethyl adjacent to an activating group) is 1. The van der Waals surface area contributed by atoms with Gasteiger partial charge in [-0.2, -0.15) is 5.10 Å². The summed E-state index contributed by atoms with van der Waals surface area (Å²) in [5.74, 6) is -0.467. The molecule has 1 aromatic heterocycles. The molecule has 0 unspecified atom stereocenters. The van der Waals surface area contributed by atoms with Crippen molar-refractivity contribution >= 4 is 23.6 Å². The van der Waals surface area contributed by atoms with Crippen LogP contribution in [0.5, 0.6) is 0 Å². The van der Waals surface area contributed by atoms with Gasteiger partial charge >= 0.3 is 0 Å². The van der Waals surface area contributed by atoms with Gasteiger partial charge in [0.15, 0.2) is 0 Å². The lowest BCUT2D eigenvalue weighted by Gasteiger charge is -2.15. The molecule has 0 spiro atoms. The smallest absolute Gasteiger partial charge is 0.246 e. The summed E-state index contributed by atoms with van der Waals surface area (Å²) < 4.78 is 14.7. The number of aromatic nitrogens is 2. The van der Waals surface area contributed by atoms with E-state index in [0.717, 1.165) is 22.4 Å². The third kappa shape index (κ3) is 4.87. The van der Waals surface area contributed by atoms with Gasteiger partial charge in [0, 0.05) is 25.2 Å². The van der Waals surface area contributed by atoms with Crippen molar-refractivity contribution in [2.45, 2.75) is 20.0 Å². The first-order valence-electron chi connectivity index (χ1n) is 8.88. The minimum atomic E-state index is -0.296. The van der Waals surface area contributed by atoms with Gasteiger partial charge in [-0.25, -0.2) is 9.07 Å². The number of hydrogen-bond acceptors (Lipinski definition) is 2. The van der Waals surface area contributed by atoms with Crippen LogP contribution in [0.25, 0.3) is 6.08 Å². The molecular formula is C22H21ClFN3O. The van der Waals surface area contributed by atoms with Gasteiger partial charge in [-0.05, 0) is 36.3 Å². The number of carbonyl (C=O) groups is 1. The van der Waals surface area contributed by atoms with Crippen LogP contribution < -0.4 is 0 Å². The molecule has 0 radical (unpaired) electrons. The first-order chi connectivity index (χ1) is 13.4. The lowest BCUT2D eigenvalue weighted by atomic mass is 10.2. The minimum absolute atomic E-state index is 0.171. The molecule has 0 aliphatic heterocycles. The molecule has 0 saturated heterocycles. The van der Waals surface area contributed by atoms with E-state index in [2.05, 4.69) is 5.10 Å². The fourth-order valence-corrected chi connectivity index (χ4v) is 3.14. The van der Waals surface area contributed by atoms with Crippen molar-refractivity contribution in [1.29, 1.82) is 0 Å². The van der Waals surface area contributed by atoms with Gasteiger partial charge < -0.3 is 4.90 Å². The van der Waals surface area contributed by atoms with Crippen molar-refractivity contribution in [1.82, 2.24) is 14.7 Å². The Labute approximate surface area is 168 Å². The molecule has 0 bridgehead atoms. The summed E-state index contributed by atoms with van der Waals surface area (Å²) in [5.41, 5.74) is 3.43. The maximum Gasteiger partial charge on any atom is 0.246 e. The third-order valence-electron chi connectivity index (χ3n) is 4.39. The number of aryl methyl sites for hydroxylation is 1. The molecule has 28 heavy (non-hydrogen) atoms. The molecule has 2 aromatic carbocycles. The molecule has 0 fully saturated rings. The molecule has 3 aromatic rings. The minimum Gasteiger partial charge on any atom is -0.338 e. The van der Waals surface area contributed by atoms with Gasteiger partial charge in [0.2, 0.25) is 5.91 Å². The Bertz CT molecular complexity index is 981. The van der Waals surface area contributed by atoms with Gasteiger partial charge in [-0.3, -0.25) is 4.79 Å². The quantitative estimate of drug-likeness (QED) is 0.565. The largest absolute Gasteiger partial charge is 0.338 e. The van der Waals surface area contributed by atoms with Crippen molar-refractivity contribution in [3.8, 4) is 0 Å². The number of rotatable bonds is 6. The topological polar surface area (TPSA) is 38.1 Å². The maximum atomic E-state index is 13.0. The van der Waals surface area contributed by atoms with E-state index in [1.54, 1.807) is 34.8 Å². The molecular weight excluding hydrogens is 377 g/mol. The van der Waals surface area contributed by atoms with Crippen molar-refractivity contribution in [2.24, 2.45) is 0 Å². The summed E-state index contributed by atoms with van der Waals surface area (Å²) in [6.07, 6.45) is 3.17. The SMILES string of the molecule is Cc1nn(Cc2ccccc2)c(Cl)c1C=CC(=O)N(C)Cc1ccc(F)cc1. The predicted molar refractivity (Wildman–Crippen MR) is 109 cm³/mol. The van der Waals surface area contributed by atoms with E-state index in [9.17, 15) is 9.18 Å². The van der Waals surface area contributed by atoms with Crippen LogP contribution in [-0.2, 0) is 17.9 Å². The van der Waals surface area contributed by atoms with Crippen LogP contribution in [0.1, 0.15) is 22.4 Å². The molecule has 4 nitrogen and oxygen atoms in total. The average molecular weight is 398 g/mol. The number of amides is 1. The highest BCUT2D eigenvalue weighted by atomic mass is 35.5. The second kappa shape index (κ2) is 8.85. The summed E-state index contributed by atoms with van der Waals surface area (Å²) in [6, 6.07) is 16.0. The summed E-state index contributed by atoms with van der Waals surface area (Å²) in [5, 5.41) is 4.97. The second-order valence-corrected chi connectivity index (χ2v) is 6.95. The van der Waals surface area contributed by atoms with E-state index in [0.29, 0.717) is 18.2 Å². The van der Waals surface area contributed by atoms with E-state index >= 15 is 0 Å². The third-order valence-corrected chi connectivity index (χ3v) is 4.79. The maximum absolute atomic E-state index is 13.0. The van der Waals surface area contributed by atoms with E-state index in [4.69, 9.17) is 11.6 Å². The van der Waals surface area contributed by atoms with Gasteiger partial charge in [-0.15, -0.1) is 0 Å². The fraction of sp³-hybridized carbons (Fsp3) is 0.182. The van der Waals surface area contributed by atoms with Gasteiger partial charge in [0.1, 0.15) is 11.0 Å². The predicted octanol–water partition coefficient (Wildman–Crippen LogP) is 4.70. The highest BCUT2D eigenvalue weighted by Crippen LogP contribution is 2.22. The molecule has 0 aliphatic carbocycles. The Balaban J connectivity index is 1.69. The van der Waals surface area contributed by atoms with Crippen LogP contribution in [-0.4, -0.2) is 27.6 Å². The number of benzene rings is 2. The highest BCUT2D eigenvalue weighted by molar-refractivity contribution is 6.31. The van der Waals surface area contributed by atoms with Crippen molar-refractivity contribution in [2.75, 3.05) is 7.05 Å². The standard InChI is InChI=1S/C22H21ClFN3O/c1-16-20(22(23)27(25-16)15-17-6-4-3-5-7-17)12-13-21(28)26(2)14-18-8-10-19(24)11-9-18/h3-13H,14-15H2,1-2H3. The fourth-order valence-electron chi connectivity index (χ4n) is 2.84. The summed E-state index contributed by atoms with van der Waals surface area (Å²) in [4.78, 5) is 14.0. The summed E-state index contributed by atoms with van der Waals surface area (Å²) in [6.45, 7) is 2.82. The lowest BCUT2D eigenvalue weighted by Crippen LogP contribution is -2.24. The molecule has 0 saturated carbocycles. The summed E-state index contributed by atoms with van der Waals surface area (Å²) in [7, 11) is 1.70. The lowest BCUT2D eigenvalue weighted by molar-refractivity contribution is -0.125. The van der Waals surface area contributed by atoms with Crippen molar-refractivity contribution in [3.63, 3.8) is 0 Å². The molecule has 3 rings (SSSR count). The van der Waals surface area contributed by atoms with Crippen LogP contribution in [0, 0.1) is 12.7 Å². The van der Waals surface area contributed by atoms with Crippen molar-refractivity contribution in [3.05, 3.63) is 94.0 Å². The monoisotopic (exact) mass is 397 g/mol. The molecule has 0 N–H and O–H groups in total. The van der Waals surface area contributed by atoms with Crippen LogP contribution in [0.2, 0.25) is 5.15 Å². The molecule has 6 heteroatoms. The molecule has 1 amide bonds. The van der Waals surface area contributed by atoms with E-state index < -0.39 is 0 Å². The highest BCUT2D eigenvalue weighted by Gasteiger charge is 2.13. The van der Waals surface area contributed by atoms with Gasteiger partial charge in [0.25, 0.3) is 0 Å². The normalized spacial score (nSPS) is 11.1. The zero-order valence-corrected chi connectivity index (χ0v) is 16.5. The molecule has 1 heterocycles. The van der Waals surface area contributed by atoms with Crippen LogP contribution in [0.15, 0.2) is 60.7 Å². The Kier molecular flexibility index (Phi) is 6.26. The van der Waals surface area contributed by atoms with E-state index in [-0.39, 0.29) is 11.7 Å². The Morgan fingerprint density at radius 1 is 1.14 bits per heavy atom. The first-order valence-corrected chi connectivity index (χ1v) is 9.26. The van der Waals surface area contributed by atoms with Crippen LogP contribution >= 0.6 is 11.6 Å². The zero-order valence-electron chi connectivity index (χ0n) is 15.8. The van der Waals surface area contributed by atoms with Crippen molar-refractivity contribution < 1.29 is 9.18 Å². The Morgan fingerprint density at radius 2 is 1.82 bits per heavy atom. The second-order valence-electron chi connectivity index (χ2n) is 6.59. The first kappa shape index (κ1) is 19.8. The summed E-state index contributed by atoms with van der Waals surface area (Å²) >= 11 is 6.48. The zero-order chi connectivity index (χ0) is 20.1. The number of nitrogens with zero attached hydrogens (tertiary/aromatic N) is 3. The Morgan fingerprint density at radius 3 is 2.50 bits per heavy atom. The number of carbonyl (C=O) groups excluding carboxylic acids is 1. The Hall–Kier alpha value is -2.92. The number of halogens is 2. The van der Waals surface area contributed by atoms with E-state index in [1.807, 2.05) is 37.3 Å². The van der Waals surface area contributed by atoms with Crippen LogP contribution in [0.3, 0.4) is 0 Å². The molecule has 0 atom stereocenters. The number of hydrogen-bond donors (Lipinski definition) is 0. The molecule has 0 aliphatic rings. The van der Waals surface area contributed by atoms with Gasteiger partial charge in [-0.1, -0.05) is 54.1 Å². The van der Waals surface area contributed by atoms with Gasteiger partial charge in [0.05, 0.1) is 12.2 Å². The van der Waals surface area contributed by atoms with E-state index in [1.165, 1.54) is 18.2 Å². The molecule has 144 valence electrons. The average Bonchev–Trinajstić information content (AvgIpc) is 2.95. The van der Waals surface area contributed by atoms with Crippen LogP contribution in [0.4, 0.5) is 4.39 Å².